The Balaban J connectivity index is 2.01. The van der Waals surface area contributed by atoms with Crippen LogP contribution in [0.1, 0.15) is 25.5 Å². The number of carbonyl (C=O) groups is 1. The first-order valence-electron chi connectivity index (χ1n) is 6.84. The summed E-state index contributed by atoms with van der Waals surface area (Å²) in [6, 6.07) is 0.852. The second kappa shape index (κ2) is 6.28. The number of halogens is 3. The fourth-order valence-electron chi connectivity index (χ4n) is 2.32. The quantitative estimate of drug-likeness (QED) is 0.926. The van der Waals surface area contributed by atoms with Crippen LogP contribution in [0.4, 0.5) is 19.1 Å². The zero-order valence-electron chi connectivity index (χ0n) is 11.7. The van der Waals surface area contributed by atoms with Gasteiger partial charge in [-0.25, -0.2) is 9.97 Å². The van der Waals surface area contributed by atoms with Gasteiger partial charge in [0.25, 0.3) is 0 Å². The maximum Gasteiger partial charge on any atom is 0.433 e. The number of piperidine rings is 1. The molecule has 1 N–H and O–H groups in total. The lowest BCUT2D eigenvalue weighted by Gasteiger charge is -2.31. The molecule has 5 nitrogen and oxygen atoms in total. The van der Waals surface area contributed by atoms with Gasteiger partial charge in [0, 0.05) is 31.7 Å². The number of aromatic nitrogens is 2. The summed E-state index contributed by atoms with van der Waals surface area (Å²) in [6.07, 6.45) is -2.19. The fourth-order valence-corrected chi connectivity index (χ4v) is 2.32. The third-order valence-corrected chi connectivity index (χ3v) is 3.43. The first-order valence-corrected chi connectivity index (χ1v) is 6.84. The van der Waals surface area contributed by atoms with Crippen molar-refractivity contribution in [3.05, 3.63) is 18.0 Å². The van der Waals surface area contributed by atoms with Gasteiger partial charge in [-0.05, 0) is 25.8 Å². The largest absolute Gasteiger partial charge is 0.433 e. The molecule has 1 fully saturated rings. The molecule has 1 aromatic rings. The van der Waals surface area contributed by atoms with E-state index in [1.165, 1.54) is 0 Å². The van der Waals surface area contributed by atoms with Gasteiger partial charge in [0.05, 0.1) is 0 Å². The Morgan fingerprint density at radius 2 is 2.10 bits per heavy atom. The number of anilines is 1. The van der Waals surface area contributed by atoms with Crippen LogP contribution in [0.5, 0.6) is 0 Å². The highest BCUT2D eigenvalue weighted by molar-refractivity contribution is 5.78. The summed E-state index contributed by atoms with van der Waals surface area (Å²) in [5, 5.41) is 2.76. The Morgan fingerprint density at radius 3 is 2.67 bits per heavy atom. The summed E-state index contributed by atoms with van der Waals surface area (Å²) in [5.41, 5.74) is -0.946. The van der Waals surface area contributed by atoms with Crippen LogP contribution < -0.4 is 10.2 Å². The standard InChI is InChI=1S/C13H17F3N4O/c1-2-17-11(21)9-4-7-20(8-5-9)12-18-6-3-10(19-12)13(14,15)16/h3,6,9H,2,4-5,7-8H2,1H3,(H,17,21). The molecular weight excluding hydrogens is 285 g/mol. The van der Waals surface area contributed by atoms with Gasteiger partial charge in [-0.1, -0.05) is 0 Å². The minimum atomic E-state index is -4.48. The molecule has 1 aromatic heterocycles. The van der Waals surface area contributed by atoms with E-state index in [0.29, 0.717) is 32.5 Å². The molecule has 0 radical (unpaired) electrons. The predicted molar refractivity (Wildman–Crippen MR) is 70.7 cm³/mol. The Morgan fingerprint density at radius 1 is 1.43 bits per heavy atom. The van der Waals surface area contributed by atoms with Gasteiger partial charge in [-0.15, -0.1) is 0 Å². The highest BCUT2D eigenvalue weighted by Gasteiger charge is 2.34. The van der Waals surface area contributed by atoms with Crippen LogP contribution in [0.3, 0.4) is 0 Å². The fraction of sp³-hybridized carbons (Fsp3) is 0.615. The van der Waals surface area contributed by atoms with Gasteiger partial charge in [0.15, 0.2) is 0 Å². The number of hydrogen-bond donors (Lipinski definition) is 1. The zero-order chi connectivity index (χ0) is 15.5. The van der Waals surface area contributed by atoms with Crippen LogP contribution in [0.25, 0.3) is 0 Å². The van der Waals surface area contributed by atoms with Crippen molar-refractivity contribution in [3.8, 4) is 0 Å². The minimum Gasteiger partial charge on any atom is -0.356 e. The molecule has 1 saturated heterocycles. The summed E-state index contributed by atoms with van der Waals surface area (Å²) in [7, 11) is 0. The molecule has 2 heterocycles. The Labute approximate surface area is 120 Å². The molecule has 1 aliphatic heterocycles. The van der Waals surface area contributed by atoms with Crippen LogP contribution in [0, 0.1) is 5.92 Å². The number of hydrogen-bond acceptors (Lipinski definition) is 4. The first-order chi connectivity index (χ1) is 9.91. The summed E-state index contributed by atoms with van der Waals surface area (Å²) in [6.45, 7) is 3.38. The molecule has 0 aromatic carbocycles. The summed E-state index contributed by atoms with van der Waals surface area (Å²) in [4.78, 5) is 20.9. The molecule has 0 atom stereocenters. The van der Waals surface area contributed by atoms with Crippen LogP contribution in [0.2, 0.25) is 0 Å². The van der Waals surface area contributed by atoms with E-state index < -0.39 is 11.9 Å². The average molecular weight is 302 g/mol. The van der Waals surface area contributed by atoms with Crippen molar-refractivity contribution in [1.29, 1.82) is 0 Å². The van der Waals surface area contributed by atoms with Crippen LogP contribution in [-0.2, 0) is 11.0 Å². The Bertz CT molecular complexity index is 498. The predicted octanol–water partition coefficient (Wildman–Crippen LogP) is 1.85. The molecule has 0 aliphatic carbocycles. The normalized spacial score (nSPS) is 16.9. The van der Waals surface area contributed by atoms with Gasteiger partial charge in [-0.2, -0.15) is 13.2 Å². The Hall–Kier alpha value is -1.86. The van der Waals surface area contributed by atoms with E-state index in [2.05, 4.69) is 15.3 Å². The lowest BCUT2D eigenvalue weighted by molar-refractivity contribution is -0.141. The van der Waals surface area contributed by atoms with Crippen molar-refractivity contribution < 1.29 is 18.0 Å². The molecule has 116 valence electrons. The number of alkyl halides is 3. The van der Waals surface area contributed by atoms with E-state index in [1.54, 1.807) is 4.90 Å². The van der Waals surface area contributed by atoms with Crippen molar-refractivity contribution in [1.82, 2.24) is 15.3 Å². The average Bonchev–Trinajstić information content (AvgIpc) is 2.47. The molecule has 0 bridgehead atoms. The molecule has 1 aliphatic rings. The van der Waals surface area contributed by atoms with Crippen molar-refractivity contribution in [2.45, 2.75) is 25.9 Å². The smallest absolute Gasteiger partial charge is 0.356 e. The maximum atomic E-state index is 12.6. The van der Waals surface area contributed by atoms with Crippen LogP contribution in [-0.4, -0.2) is 35.5 Å². The third kappa shape index (κ3) is 3.83. The number of amides is 1. The van der Waals surface area contributed by atoms with Gasteiger partial charge in [0.1, 0.15) is 5.69 Å². The summed E-state index contributed by atoms with van der Waals surface area (Å²) >= 11 is 0. The van der Waals surface area contributed by atoms with Crippen molar-refractivity contribution in [2.75, 3.05) is 24.5 Å². The number of carbonyl (C=O) groups excluding carboxylic acids is 1. The van der Waals surface area contributed by atoms with E-state index in [-0.39, 0.29) is 17.8 Å². The molecule has 21 heavy (non-hydrogen) atoms. The number of rotatable bonds is 3. The molecular formula is C13H17F3N4O. The van der Waals surface area contributed by atoms with Crippen molar-refractivity contribution in [3.63, 3.8) is 0 Å². The van der Waals surface area contributed by atoms with Gasteiger partial charge in [0.2, 0.25) is 11.9 Å². The molecule has 0 unspecified atom stereocenters. The van der Waals surface area contributed by atoms with E-state index in [9.17, 15) is 18.0 Å². The number of nitrogens with one attached hydrogen (secondary N) is 1. The first kappa shape index (κ1) is 15.5. The van der Waals surface area contributed by atoms with Gasteiger partial charge >= 0.3 is 6.18 Å². The number of nitrogens with zero attached hydrogens (tertiary/aromatic N) is 3. The SMILES string of the molecule is CCNC(=O)C1CCN(c2nccc(C(F)(F)F)n2)CC1. The molecule has 0 spiro atoms. The second-order valence-corrected chi connectivity index (χ2v) is 4.90. The van der Waals surface area contributed by atoms with E-state index in [0.717, 1.165) is 12.3 Å². The van der Waals surface area contributed by atoms with E-state index >= 15 is 0 Å². The van der Waals surface area contributed by atoms with Crippen LogP contribution in [0.15, 0.2) is 12.3 Å². The monoisotopic (exact) mass is 302 g/mol. The third-order valence-electron chi connectivity index (χ3n) is 3.43. The highest BCUT2D eigenvalue weighted by atomic mass is 19.4. The summed E-state index contributed by atoms with van der Waals surface area (Å²) < 4.78 is 37.9. The van der Waals surface area contributed by atoms with Crippen molar-refractivity contribution in [2.24, 2.45) is 5.92 Å². The molecule has 0 saturated carbocycles. The molecule has 8 heteroatoms. The minimum absolute atomic E-state index is 0.00195. The van der Waals surface area contributed by atoms with Crippen molar-refractivity contribution >= 4 is 11.9 Å². The second-order valence-electron chi connectivity index (χ2n) is 4.90. The summed E-state index contributed by atoms with van der Waals surface area (Å²) in [5.74, 6) is -0.0201. The topological polar surface area (TPSA) is 58.1 Å². The van der Waals surface area contributed by atoms with E-state index in [4.69, 9.17) is 0 Å². The van der Waals surface area contributed by atoms with Gasteiger partial charge in [-0.3, -0.25) is 4.79 Å². The lowest BCUT2D eigenvalue weighted by atomic mass is 9.96. The van der Waals surface area contributed by atoms with Gasteiger partial charge < -0.3 is 10.2 Å². The maximum absolute atomic E-state index is 12.6. The Kier molecular flexibility index (Phi) is 4.64. The van der Waals surface area contributed by atoms with E-state index in [1.807, 2.05) is 6.92 Å². The molecule has 1 amide bonds. The molecule has 2 rings (SSSR count). The highest BCUT2D eigenvalue weighted by Crippen LogP contribution is 2.29. The zero-order valence-corrected chi connectivity index (χ0v) is 11.7. The van der Waals surface area contributed by atoms with Crippen LogP contribution >= 0.6 is 0 Å². The lowest BCUT2D eigenvalue weighted by Crippen LogP contribution is -2.41.